The highest BCUT2D eigenvalue weighted by Gasteiger charge is 2.39. The van der Waals surface area contributed by atoms with E-state index in [1.54, 1.807) is 12.1 Å². The largest absolute Gasteiger partial charge is 0.350 e. The minimum Gasteiger partial charge on any atom is -0.350 e. The van der Waals surface area contributed by atoms with E-state index in [9.17, 15) is 18.0 Å². The van der Waals surface area contributed by atoms with Crippen LogP contribution in [0.2, 0.25) is 10.0 Å². The lowest BCUT2D eigenvalue weighted by molar-refractivity contribution is -0.120. The molecule has 0 fully saturated rings. The van der Waals surface area contributed by atoms with Crippen LogP contribution in [0.4, 0.5) is 17.2 Å². The lowest BCUT2D eigenvalue weighted by Gasteiger charge is -2.16. The van der Waals surface area contributed by atoms with Crippen LogP contribution in [-0.4, -0.2) is 25.2 Å². The number of halogens is 3. The second kappa shape index (κ2) is 9.03. The SMILES string of the molecule is O=C1C(Cl)=C(Nc2ccc(S(=O)(=O)Nc3ccccn3)cc2)C(=O)N1c1cc(Cl)cc(Cl)c1. The first-order chi connectivity index (χ1) is 15.7. The van der Waals surface area contributed by atoms with E-state index in [1.807, 2.05) is 0 Å². The Morgan fingerprint density at radius 3 is 2.12 bits per heavy atom. The van der Waals surface area contributed by atoms with Crippen molar-refractivity contribution in [3.63, 3.8) is 0 Å². The fraction of sp³-hybridized carbons (Fsp3) is 0. The molecule has 0 radical (unpaired) electrons. The summed E-state index contributed by atoms with van der Waals surface area (Å²) in [5.74, 6) is -1.29. The van der Waals surface area contributed by atoms with Gasteiger partial charge in [0.05, 0.1) is 10.6 Å². The molecule has 33 heavy (non-hydrogen) atoms. The molecule has 8 nitrogen and oxygen atoms in total. The number of nitrogens with zero attached hydrogens (tertiary/aromatic N) is 2. The third-order valence-corrected chi connectivity index (χ3v) is 6.63. The van der Waals surface area contributed by atoms with Crippen molar-refractivity contribution in [3.8, 4) is 0 Å². The molecule has 4 rings (SSSR count). The van der Waals surface area contributed by atoms with Crippen LogP contribution in [-0.2, 0) is 19.6 Å². The second-order valence-corrected chi connectivity index (χ2v) is 9.67. The molecular weight excluding hydrogens is 511 g/mol. The van der Waals surface area contributed by atoms with Crippen molar-refractivity contribution in [2.75, 3.05) is 14.9 Å². The van der Waals surface area contributed by atoms with E-state index in [-0.39, 0.29) is 37.2 Å². The molecule has 1 aliphatic rings. The third kappa shape index (κ3) is 4.81. The van der Waals surface area contributed by atoms with Crippen LogP contribution < -0.4 is 14.9 Å². The molecule has 168 valence electrons. The van der Waals surface area contributed by atoms with Gasteiger partial charge < -0.3 is 5.32 Å². The molecule has 1 aliphatic heterocycles. The first kappa shape index (κ1) is 23.1. The molecule has 2 N–H and O–H groups in total. The Kier molecular flexibility index (Phi) is 6.31. The molecule has 2 heterocycles. The number of benzene rings is 2. The number of nitrogens with one attached hydrogen (secondary N) is 2. The van der Waals surface area contributed by atoms with Crippen LogP contribution >= 0.6 is 34.8 Å². The zero-order valence-corrected chi connectivity index (χ0v) is 19.5. The Labute approximate surface area is 203 Å². The number of carbonyl (C=O) groups is 2. The van der Waals surface area contributed by atoms with E-state index < -0.39 is 21.8 Å². The molecule has 0 aliphatic carbocycles. The average Bonchev–Trinajstić information content (AvgIpc) is 2.97. The van der Waals surface area contributed by atoms with E-state index in [0.717, 1.165) is 4.90 Å². The van der Waals surface area contributed by atoms with Gasteiger partial charge in [-0.3, -0.25) is 14.3 Å². The van der Waals surface area contributed by atoms with Crippen molar-refractivity contribution in [1.29, 1.82) is 0 Å². The molecule has 0 unspecified atom stereocenters. The standard InChI is InChI=1S/C21H13Cl3N4O4S/c22-12-9-13(23)11-15(10-12)28-20(29)18(24)19(21(28)30)26-14-4-6-16(7-5-14)33(31,32)27-17-3-1-2-8-25-17/h1-11,26H,(H,25,27). The molecule has 0 spiro atoms. The van der Waals surface area contributed by atoms with Crippen molar-refractivity contribution in [2.24, 2.45) is 0 Å². The summed E-state index contributed by atoms with van der Waals surface area (Å²) in [6.07, 6.45) is 1.46. The average molecular weight is 524 g/mol. The van der Waals surface area contributed by atoms with Crippen LogP contribution in [0.5, 0.6) is 0 Å². The van der Waals surface area contributed by atoms with Gasteiger partial charge in [-0.25, -0.2) is 18.3 Å². The summed E-state index contributed by atoms with van der Waals surface area (Å²) in [7, 11) is -3.87. The Morgan fingerprint density at radius 2 is 1.52 bits per heavy atom. The van der Waals surface area contributed by atoms with Crippen molar-refractivity contribution < 1.29 is 18.0 Å². The smallest absolute Gasteiger partial charge is 0.283 e. The first-order valence-electron chi connectivity index (χ1n) is 9.21. The predicted octanol–water partition coefficient (Wildman–Crippen LogP) is 4.62. The van der Waals surface area contributed by atoms with Gasteiger partial charge in [0.2, 0.25) is 0 Å². The number of anilines is 3. The number of sulfonamides is 1. The highest BCUT2D eigenvalue weighted by Crippen LogP contribution is 2.33. The summed E-state index contributed by atoms with van der Waals surface area (Å²) in [4.78, 5) is 30.2. The molecule has 0 saturated heterocycles. The molecular formula is C21H13Cl3N4O4S. The van der Waals surface area contributed by atoms with Crippen molar-refractivity contribution in [3.05, 3.63) is 87.6 Å². The predicted molar refractivity (Wildman–Crippen MR) is 127 cm³/mol. The van der Waals surface area contributed by atoms with Crippen LogP contribution in [0.3, 0.4) is 0 Å². The minimum absolute atomic E-state index is 0.0252. The lowest BCUT2D eigenvalue weighted by atomic mass is 10.3. The molecule has 2 amide bonds. The van der Waals surface area contributed by atoms with E-state index in [0.29, 0.717) is 5.69 Å². The minimum atomic E-state index is -3.87. The van der Waals surface area contributed by atoms with Gasteiger partial charge in [0.15, 0.2) is 0 Å². The van der Waals surface area contributed by atoms with Gasteiger partial charge in [-0.1, -0.05) is 40.9 Å². The van der Waals surface area contributed by atoms with E-state index in [4.69, 9.17) is 34.8 Å². The molecule has 0 bridgehead atoms. The van der Waals surface area contributed by atoms with Crippen LogP contribution in [0.1, 0.15) is 0 Å². The van der Waals surface area contributed by atoms with Gasteiger partial charge in [0, 0.05) is 21.9 Å². The van der Waals surface area contributed by atoms with E-state index in [1.165, 1.54) is 54.7 Å². The number of imide groups is 1. The van der Waals surface area contributed by atoms with Crippen LogP contribution in [0, 0.1) is 0 Å². The number of amides is 2. The molecule has 0 atom stereocenters. The summed E-state index contributed by atoms with van der Waals surface area (Å²) in [5.41, 5.74) is 0.339. The second-order valence-electron chi connectivity index (χ2n) is 6.73. The van der Waals surface area contributed by atoms with E-state index in [2.05, 4.69) is 15.0 Å². The molecule has 12 heteroatoms. The monoisotopic (exact) mass is 522 g/mol. The summed E-state index contributed by atoms with van der Waals surface area (Å²) < 4.78 is 27.4. The zero-order valence-electron chi connectivity index (χ0n) is 16.4. The first-order valence-corrected chi connectivity index (χ1v) is 11.8. The summed E-state index contributed by atoms with van der Waals surface area (Å²) in [6, 6.07) is 14.6. The number of aromatic nitrogens is 1. The zero-order chi connectivity index (χ0) is 23.8. The maximum absolute atomic E-state index is 12.9. The van der Waals surface area contributed by atoms with Gasteiger partial charge in [0.25, 0.3) is 21.8 Å². The van der Waals surface area contributed by atoms with Gasteiger partial charge >= 0.3 is 0 Å². The topological polar surface area (TPSA) is 108 Å². The van der Waals surface area contributed by atoms with Gasteiger partial charge in [-0.05, 0) is 54.6 Å². The fourth-order valence-corrected chi connectivity index (χ4v) is 4.73. The molecule has 2 aromatic carbocycles. The lowest BCUT2D eigenvalue weighted by Crippen LogP contribution is -2.32. The summed E-state index contributed by atoms with van der Waals surface area (Å²) in [5, 5.41) is 2.93. The highest BCUT2D eigenvalue weighted by molar-refractivity contribution is 7.92. The quantitative estimate of drug-likeness (QED) is 0.456. The number of rotatable bonds is 6. The number of pyridine rings is 1. The normalized spacial score (nSPS) is 14.1. The summed E-state index contributed by atoms with van der Waals surface area (Å²) in [6.45, 7) is 0. The van der Waals surface area contributed by atoms with Crippen LogP contribution in [0.25, 0.3) is 0 Å². The number of carbonyl (C=O) groups excluding carboxylic acids is 2. The Balaban J connectivity index is 1.54. The number of hydrogen-bond acceptors (Lipinski definition) is 6. The Morgan fingerprint density at radius 1 is 0.848 bits per heavy atom. The molecule has 0 saturated carbocycles. The molecule has 1 aromatic heterocycles. The maximum Gasteiger partial charge on any atom is 0.283 e. The van der Waals surface area contributed by atoms with Crippen molar-refractivity contribution in [2.45, 2.75) is 4.90 Å². The summed E-state index contributed by atoms with van der Waals surface area (Å²) >= 11 is 18.1. The van der Waals surface area contributed by atoms with Crippen LogP contribution in [0.15, 0.2) is 82.5 Å². The highest BCUT2D eigenvalue weighted by atomic mass is 35.5. The maximum atomic E-state index is 12.9. The van der Waals surface area contributed by atoms with E-state index >= 15 is 0 Å². The van der Waals surface area contributed by atoms with Gasteiger partial charge in [0.1, 0.15) is 16.5 Å². The van der Waals surface area contributed by atoms with Gasteiger partial charge in [-0.15, -0.1) is 0 Å². The van der Waals surface area contributed by atoms with Crippen molar-refractivity contribution in [1.82, 2.24) is 4.98 Å². The number of hydrogen-bond donors (Lipinski definition) is 2. The van der Waals surface area contributed by atoms with Gasteiger partial charge in [-0.2, -0.15) is 0 Å². The van der Waals surface area contributed by atoms with Crippen molar-refractivity contribution >= 4 is 73.8 Å². The Bertz CT molecular complexity index is 1370. The fourth-order valence-electron chi connectivity index (χ4n) is 3.00. The third-order valence-electron chi connectivity index (χ3n) is 4.47. The molecule has 3 aromatic rings. The Hall–Kier alpha value is -3.11.